The smallest absolute Gasteiger partial charge is 0.150 e. The first-order valence-corrected chi connectivity index (χ1v) is 7.86. The van der Waals surface area contributed by atoms with E-state index in [1.54, 1.807) is 0 Å². The number of carbonyl (C=O) groups excluding carboxylic acids is 1. The zero-order chi connectivity index (χ0) is 16.2. The van der Waals surface area contributed by atoms with Crippen molar-refractivity contribution in [3.05, 3.63) is 106 Å². The van der Waals surface area contributed by atoms with Gasteiger partial charge in [-0.3, -0.25) is 4.79 Å². The standard InChI is InChI=1S/C22H20O/c1-16-7-11-19(12-8-16)22(21-6-4-3-5-17(21)2)20-13-9-18(15-23)10-14-20/h3-15,22H,1-2H3. The van der Waals surface area contributed by atoms with Crippen LogP contribution in [0.2, 0.25) is 0 Å². The molecule has 0 aliphatic heterocycles. The summed E-state index contributed by atoms with van der Waals surface area (Å²) in [5.41, 5.74) is 7.01. The molecule has 0 heterocycles. The van der Waals surface area contributed by atoms with Crippen LogP contribution in [0.25, 0.3) is 0 Å². The third-order valence-corrected chi connectivity index (χ3v) is 4.32. The SMILES string of the molecule is Cc1ccc(C(c2ccc(C=O)cc2)c2ccccc2C)cc1. The molecule has 1 atom stereocenters. The van der Waals surface area contributed by atoms with Crippen molar-refractivity contribution in [2.75, 3.05) is 0 Å². The van der Waals surface area contributed by atoms with Gasteiger partial charge < -0.3 is 0 Å². The average molecular weight is 300 g/mol. The third-order valence-electron chi connectivity index (χ3n) is 4.32. The van der Waals surface area contributed by atoms with Gasteiger partial charge in [0.15, 0.2) is 0 Å². The van der Waals surface area contributed by atoms with Crippen LogP contribution in [0.5, 0.6) is 0 Å². The maximum absolute atomic E-state index is 10.9. The molecule has 1 heteroatoms. The molecule has 0 N–H and O–H groups in total. The van der Waals surface area contributed by atoms with Crippen LogP contribution in [-0.4, -0.2) is 6.29 Å². The van der Waals surface area contributed by atoms with Crippen molar-refractivity contribution in [3.63, 3.8) is 0 Å². The van der Waals surface area contributed by atoms with E-state index < -0.39 is 0 Å². The van der Waals surface area contributed by atoms with E-state index in [9.17, 15) is 4.79 Å². The summed E-state index contributed by atoms with van der Waals surface area (Å²) in [5, 5.41) is 0. The maximum Gasteiger partial charge on any atom is 0.150 e. The Bertz CT molecular complexity index is 798. The highest BCUT2D eigenvalue weighted by molar-refractivity contribution is 5.74. The second kappa shape index (κ2) is 6.62. The Morgan fingerprint density at radius 2 is 1.30 bits per heavy atom. The average Bonchev–Trinajstić information content (AvgIpc) is 2.59. The van der Waals surface area contributed by atoms with Crippen LogP contribution in [-0.2, 0) is 0 Å². The van der Waals surface area contributed by atoms with Crippen LogP contribution in [0.1, 0.15) is 44.1 Å². The fourth-order valence-electron chi connectivity index (χ4n) is 2.99. The minimum absolute atomic E-state index is 0.178. The van der Waals surface area contributed by atoms with E-state index in [2.05, 4.69) is 74.5 Å². The molecule has 0 aliphatic rings. The number of aldehydes is 1. The van der Waals surface area contributed by atoms with Crippen LogP contribution in [0, 0.1) is 13.8 Å². The van der Waals surface area contributed by atoms with Gasteiger partial charge in [0.2, 0.25) is 0 Å². The molecule has 0 aliphatic carbocycles. The molecule has 114 valence electrons. The Hall–Kier alpha value is -2.67. The normalized spacial score (nSPS) is 11.9. The topological polar surface area (TPSA) is 17.1 Å². The molecule has 0 aromatic heterocycles. The largest absolute Gasteiger partial charge is 0.298 e. The first-order valence-electron chi connectivity index (χ1n) is 7.86. The van der Waals surface area contributed by atoms with Gasteiger partial charge in [-0.2, -0.15) is 0 Å². The summed E-state index contributed by atoms with van der Waals surface area (Å²) >= 11 is 0. The van der Waals surface area contributed by atoms with Crippen molar-refractivity contribution in [3.8, 4) is 0 Å². The predicted molar refractivity (Wildman–Crippen MR) is 95.1 cm³/mol. The van der Waals surface area contributed by atoms with Gasteiger partial charge in [0.05, 0.1) is 0 Å². The van der Waals surface area contributed by atoms with Gasteiger partial charge in [0.25, 0.3) is 0 Å². The Balaban J connectivity index is 2.14. The van der Waals surface area contributed by atoms with Gasteiger partial charge in [-0.1, -0.05) is 78.4 Å². The lowest BCUT2D eigenvalue weighted by Crippen LogP contribution is -2.05. The Labute approximate surface area is 137 Å². The van der Waals surface area contributed by atoms with Crippen LogP contribution in [0.4, 0.5) is 0 Å². The van der Waals surface area contributed by atoms with Crippen molar-refractivity contribution in [2.24, 2.45) is 0 Å². The zero-order valence-corrected chi connectivity index (χ0v) is 13.5. The minimum Gasteiger partial charge on any atom is -0.298 e. The van der Waals surface area contributed by atoms with Crippen LogP contribution < -0.4 is 0 Å². The molecule has 0 saturated carbocycles. The van der Waals surface area contributed by atoms with Gasteiger partial charge in [-0.25, -0.2) is 0 Å². The van der Waals surface area contributed by atoms with Crippen LogP contribution in [0.3, 0.4) is 0 Å². The van der Waals surface area contributed by atoms with Crippen LogP contribution >= 0.6 is 0 Å². The maximum atomic E-state index is 10.9. The van der Waals surface area contributed by atoms with Gasteiger partial charge >= 0.3 is 0 Å². The van der Waals surface area contributed by atoms with Crippen molar-refractivity contribution < 1.29 is 4.79 Å². The molecule has 0 fully saturated rings. The molecule has 0 saturated heterocycles. The van der Waals surface area contributed by atoms with E-state index in [-0.39, 0.29) is 5.92 Å². The van der Waals surface area contributed by atoms with Crippen molar-refractivity contribution in [2.45, 2.75) is 19.8 Å². The van der Waals surface area contributed by atoms with E-state index in [4.69, 9.17) is 0 Å². The van der Waals surface area contributed by atoms with Crippen molar-refractivity contribution in [1.29, 1.82) is 0 Å². The van der Waals surface area contributed by atoms with E-state index in [0.29, 0.717) is 5.56 Å². The van der Waals surface area contributed by atoms with E-state index in [1.165, 1.54) is 27.8 Å². The highest BCUT2D eigenvalue weighted by Crippen LogP contribution is 2.33. The number of aryl methyl sites for hydroxylation is 2. The van der Waals surface area contributed by atoms with Gasteiger partial charge in [-0.15, -0.1) is 0 Å². The van der Waals surface area contributed by atoms with Crippen molar-refractivity contribution in [1.82, 2.24) is 0 Å². The number of rotatable bonds is 4. The number of carbonyl (C=O) groups is 1. The summed E-state index contributed by atoms with van der Waals surface area (Å²) in [6.07, 6.45) is 0.887. The quantitative estimate of drug-likeness (QED) is 0.472. The molecule has 0 radical (unpaired) electrons. The summed E-state index contributed by atoms with van der Waals surface area (Å²) < 4.78 is 0. The van der Waals surface area contributed by atoms with Crippen LogP contribution in [0.15, 0.2) is 72.8 Å². The number of hydrogen-bond donors (Lipinski definition) is 0. The third kappa shape index (κ3) is 3.24. The van der Waals surface area contributed by atoms with Gasteiger partial charge in [0, 0.05) is 11.5 Å². The minimum atomic E-state index is 0.178. The highest BCUT2D eigenvalue weighted by atomic mass is 16.1. The van der Waals surface area contributed by atoms with E-state index in [1.807, 2.05) is 12.1 Å². The Morgan fingerprint density at radius 1 is 0.739 bits per heavy atom. The second-order valence-electron chi connectivity index (χ2n) is 5.98. The van der Waals surface area contributed by atoms with E-state index >= 15 is 0 Å². The lowest BCUT2D eigenvalue weighted by Gasteiger charge is -2.21. The molecule has 23 heavy (non-hydrogen) atoms. The van der Waals surface area contributed by atoms with Gasteiger partial charge in [0.1, 0.15) is 6.29 Å². The summed E-state index contributed by atoms with van der Waals surface area (Å²) in [4.78, 5) is 10.9. The molecule has 3 aromatic carbocycles. The van der Waals surface area contributed by atoms with Gasteiger partial charge in [-0.05, 0) is 36.1 Å². The molecule has 0 amide bonds. The summed E-state index contributed by atoms with van der Waals surface area (Å²) in [6.45, 7) is 4.25. The molecule has 0 bridgehead atoms. The zero-order valence-electron chi connectivity index (χ0n) is 13.5. The first kappa shape index (κ1) is 15.2. The fraction of sp³-hybridized carbons (Fsp3) is 0.136. The first-order chi connectivity index (χ1) is 11.2. The number of hydrogen-bond acceptors (Lipinski definition) is 1. The molecule has 3 rings (SSSR count). The number of benzene rings is 3. The summed E-state index contributed by atoms with van der Waals surface area (Å²) in [6, 6.07) is 25.1. The Morgan fingerprint density at radius 3 is 1.87 bits per heavy atom. The van der Waals surface area contributed by atoms with E-state index in [0.717, 1.165) is 6.29 Å². The molecule has 3 aromatic rings. The fourth-order valence-corrected chi connectivity index (χ4v) is 2.99. The predicted octanol–water partition coefficient (Wildman–Crippen LogP) is 5.30. The molecular formula is C22H20O. The Kier molecular flexibility index (Phi) is 4.38. The summed E-state index contributed by atoms with van der Waals surface area (Å²) in [5.74, 6) is 0.178. The highest BCUT2D eigenvalue weighted by Gasteiger charge is 2.18. The van der Waals surface area contributed by atoms with Crippen molar-refractivity contribution >= 4 is 6.29 Å². The molecule has 1 nitrogen and oxygen atoms in total. The lowest BCUT2D eigenvalue weighted by atomic mass is 9.83. The second-order valence-corrected chi connectivity index (χ2v) is 5.98. The molecular weight excluding hydrogens is 280 g/mol. The lowest BCUT2D eigenvalue weighted by molar-refractivity contribution is 0.112. The molecule has 1 unspecified atom stereocenters. The summed E-state index contributed by atoms with van der Waals surface area (Å²) in [7, 11) is 0. The molecule has 0 spiro atoms. The monoisotopic (exact) mass is 300 g/mol.